The molecule has 0 saturated carbocycles. The Labute approximate surface area is 140 Å². The van der Waals surface area contributed by atoms with E-state index in [-0.39, 0.29) is 18.0 Å². The highest BCUT2D eigenvalue weighted by atomic mass is 16.5. The zero-order chi connectivity index (χ0) is 17.1. The number of carbonyl (C=O) groups excluding carboxylic acids is 1. The number of H-pyrrole nitrogens is 1. The number of rotatable bonds is 4. The molecule has 128 valence electrons. The molecule has 1 saturated heterocycles. The summed E-state index contributed by atoms with van der Waals surface area (Å²) in [6.45, 7) is 5.01. The van der Waals surface area contributed by atoms with Gasteiger partial charge in [0.1, 0.15) is 6.10 Å². The van der Waals surface area contributed by atoms with Crippen LogP contribution in [-0.4, -0.2) is 57.3 Å². The average Bonchev–Trinajstić information content (AvgIpc) is 2.94. The Morgan fingerprint density at radius 1 is 1.33 bits per heavy atom. The number of nitrogens with zero attached hydrogens (tertiary/aromatic N) is 4. The summed E-state index contributed by atoms with van der Waals surface area (Å²) in [6.07, 6.45) is 3.15. The molecule has 1 aliphatic rings. The number of carbonyl (C=O) groups is 1. The van der Waals surface area contributed by atoms with E-state index >= 15 is 0 Å². The van der Waals surface area contributed by atoms with Crippen molar-refractivity contribution < 1.29 is 14.3 Å². The van der Waals surface area contributed by atoms with E-state index in [4.69, 9.17) is 9.47 Å². The van der Waals surface area contributed by atoms with Crippen LogP contribution in [0.5, 0.6) is 11.9 Å². The molecule has 0 aliphatic carbocycles. The maximum absolute atomic E-state index is 12.6. The number of ether oxygens (including phenoxy) is 2. The van der Waals surface area contributed by atoms with Gasteiger partial charge in [-0.25, -0.2) is 4.98 Å². The van der Waals surface area contributed by atoms with Gasteiger partial charge in [-0.05, 0) is 13.8 Å². The summed E-state index contributed by atoms with van der Waals surface area (Å²) >= 11 is 0. The van der Waals surface area contributed by atoms with Crippen molar-refractivity contribution in [2.45, 2.75) is 32.8 Å². The zero-order valence-corrected chi connectivity index (χ0v) is 14.1. The first kappa shape index (κ1) is 16.2. The summed E-state index contributed by atoms with van der Waals surface area (Å²) in [4.78, 5) is 22.6. The van der Waals surface area contributed by atoms with E-state index < -0.39 is 0 Å². The van der Waals surface area contributed by atoms with Gasteiger partial charge in [0.2, 0.25) is 5.88 Å². The second kappa shape index (κ2) is 6.86. The largest absolute Gasteiger partial charge is 0.474 e. The van der Waals surface area contributed by atoms with Crippen molar-refractivity contribution in [2.24, 2.45) is 0 Å². The normalized spacial score (nSPS) is 15.4. The molecule has 2 aromatic heterocycles. The maximum atomic E-state index is 12.6. The molecule has 8 heteroatoms. The van der Waals surface area contributed by atoms with Crippen LogP contribution >= 0.6 is 0 Å². The molecule has 0 atom stereocenters. The monoisotopic (exact) mass is 331 g/mol. The molecule has 3 heterocycles. The van der Waals surface area contributed by atoms with Crippen LogP contribution in [-0.2, 0) is 0 Å². The molecule has 2 aromatic rings. The minimum Gasteiger partial charge on any atom is -0.474 e. The summed E-state index contributed by atoms with van der Waals surface area (Å²) in [5, 5.41) is 6.96. The number of amides is 1. The molecule has 8 nitrogen and oxygen atoms in total. The molecule has 0 bridgehead atoms. The lowest BCUT2D eigenvalue weighted by atomic mass is 10.1. The van der Waals surface area contributed by atoms with Gasteiger partial charge in [0.25, 0.3) is 5.91 Å². The lowest BCUT2D eigenvalue weighted by molar-refractivity contribution is 0.0585. The van der Waals surface area contributed by atoms with Crippen molar-refractivity contribution in [3.05, 3.63) is 29.2 Å². The van der Waals surface area contributed by atoms with Crippen LogP contribution in [0.1, 0.15) is 34.6 Å². The van der Waals surface area contributed by atoms with Crippen LogP contribution in [0.15, 0.2) is 12.3 Å². The minimum absolute atomic E-state index is 0.0280. The summed E-state index contributed by atoms with van der Waals surface area (Å²) in [6, 6.07) is 1.99. The predicted molar refractivity (Wildman–Crippen MR) is 86.2 cm³/mol. The number of likely N-dealkylation sites (tertiary alicyclic amines) is 1. The number of nitrogens with one attached hydrogen (secondary N) is 1. The van der Waals surface area contributed by atoms with Gasteiger partial charge in [-0.3, -0.25) is 9.89 Å². The van der Waals surface area contributed by atoms with Crippen LogP contribution in [0.3, 0.4) is 0 Å². The smallest absolute Gasteiger partial charge is 0.319 e. The molecule has 0 aromatic carbocycles. The molecule has 1 fully saturated rings. The van der Waals surface area contributed by atoms with Crippen molar-refractivity contribution in [1.29, 1.82) is 0 Å². The van der Waals surface area contributed by atoms with Crippen LogP contribution in [0.25, 0.3) is 0 Å². The van der Waals surface area contributed by atoms with Gasteiger partial charge >= 0.3 is 6.01 Å². The Bertz CT molecular complexity index is 703. The van der Waals surface area contributed by atoms with Gasteiger partial charge in [0, 0.05) is 43.9 Å². The van der Waals surface area contributed by atoms with Crippen LogP contribution in [0.2, 0.25) is 0 Å². The molecular formula is C16H21N5O3. The van der Waals surface area contributed by atoms with Gasteiger partial charge in [-0.15, -0.1) is 0 Å². The maximum Gasteiger partial charge on any atom is 0.319 e. The fourth-order valence-corrected chi connectivity index (χ4v) is 2.86. The highest BCUT2D eigenvalue weighted by molar-refractivity contribution is 5.96. The number of aromatic amines is 1. The third kappa shape index (κ3) is 3.32. The van der Waals surface area contributed by atoms with E-state index in [0.717, 1.165) is 24.2 Å². The third-order valence-electron chi connectivity index (χ3n) is 4.15. The van der Waals surface area contributed by atoms with E-state index in [1.165, 1.54) is 7.11 Å². The topological polar surface area (TPSA) is 93.2 Å². The number of hydrogen-bond acceptors (Lipinski definition) is 6. The number of methoxy groups -OCH3 is 1. The first-order valence-corrected chi connectivity index (χ1v) is 7.93. The van der Waals surface area contributed by atoms with Crippen molar-refractivity contribution >= 4 is 5.91 Å². The fourth-order valence-electron chi connectivity index (χ4n) is 2.86. The van der Waals surface area contributed by atoms with Crippen molar-refractivity contribution in [2.75, 3.05) is 20.2 Å². The molecule has 0 radical (unpaired) electrons. The summed E-state index contributed by atoms with van der Waals surface area (Å²) in [5.41, 5.74) is 2.22. The Morgan fingerprint density at radius 3 is 2.71 bits per heavy atom. The van der Waals surface area contributed by atoms with Gasteiger partial charge in [0.05, 0.1) is 18.4 Å². The summed E-state index contributed by atoms with van der Waals surface area (Å²) in [7, 11) is 1.52. The van der Waals surface area contributed by atoms with Crippen molar-refractivity contribution in [3.63, 3.8) is 0 Å². The summed E-state index contributed by atoms with van der Waals surface area (Å²) in [5.74, 6) is 0.522. The Morgan fingerprint density at radius 2 is 2.08 bits per heavy atom. The number of aryl methyl sites for hydroxylation is 2. The number of piperidine rings is 1. The van der Waals surface area contributed by atoms with Crippen LogP contribution in [0.4, 0.5) is 0 Å². The van der Waals surface area contributed by atoms with Gasteiger partial charge in [-0.2, -0.15) is 10.1 Å². The third-order valence-corrected chi connectivity index (χ3v) is 4.15. The summed E-state index contributed by atoms with van der Waals surface area (Å²) < 4.78 is 10.9. The first-order valence-electron chi connectivity index (χ1n) is 7.93. The lowest BCUT2D eigenvalue weighted by Crippen LogP contribution is -2.42. The van der Waals surface area contributed by atoms with E-state index in [2.05, 4.69) is 20.2 Å². The minimum atomic E-state index is 0.0280. The van der Waals surface area contributed by atoms with Crippen molar-refractivity contribution in [1.82, 2.24) is 25.1 Å². The van der Waals surface area contributed by atoms with Crippen LogP contribution < -0.4 is 9.47 Å². The van der Waals surface area contributed by atoms with E-state index in [0.29, 0.717) is 24.5 Å². The predicted octanol–water partition coefficient (Wildman–Crippen LogP) is 1.51. The zero-order valence-electron chi connectivity index (χ0n) is 14.1. The Hall–Kier alpha value is -2.64. The highest BCUT2D eigenvalue weighted by Gasteiger charge is 2.27. The fraction of sp³-hybridized carbons (Fsp3) is 0.500. The SMILES string of the molecule is COc1nccc(OC2CCN(C(=O)c3c(C)n[nH]c3C)CC2)n1. The molecule has 0 unspecified atom stereocenters. The molecule has 1 aliphatic heterocycles. The first-order chi connectivity index (χ1) is 11.6. The molecule has 24 heavy (non-hydrogen) atoms. The average molecular weight is 331 g/mol. The lowest BCUT2D eigenvalue weighted by Gasteiger charge is -2.32. The molecule has 0 spiro atoms. The molecule has 1 N–H and O–H groups in total. The van der Waals surface area contributed by atoms with Crippen molar-refractivity contribution in [3.8, 4) is 11.9 Å². The van der Waals surface area contributed by atoms with Crippen LogP contribution in [0, 0.1) is 13.8 Å². The molecule has 1 amide bonds. The van der Waals surface area contributed by atoms with E-state index in [1.807, 2.05) is 18.7 Å². The Kier molecular flexibility index (Phi) is 4.64. The van der Waals surface area contributed by atoms with Gasteiger partial charge < -0.3 is 14.4 Å². The van der Waals surface area contributed by atoms with E-state index in [1.54, 1.807) is 12.3 Å². The number of hydrogen-bond donors (Lipinski definition) is 1. The quantitative estimate of drug-likeness (QED) is 0.913. The molecular weight excluding hydrogens is 310 g/mol. The highest BCUT2D eigenvalue weighted by Crippen LogP contribution is 2.21. The second-order valence-electron chi connectivity index (χ2n) is 5.80. The second-order valence-corrected chi connectivity index (χ2v) is 5.80. The molecule has 3 rings (SSSR count). The van der Waals surface area contributed by atoms with Gasteiger partial charge in [0.15, 0.2) is 0 Å². The van der Waals surface area contributed by atoms with E-state index in [9.17, 15) is 4.79 Å². The standard InChI is InChI=1S/C16H21N5O3/c1-10-14(11(2)20-19-10)15(22)21-8-5-12(6-9-21)24-13-4-7-17-16(18-13)23-3/h4,7,12H,5-6,8-9H2,1-3H3,(H,19,20). The Balaban J connectivity index is 1.58. The number of aromatic nitrogens is 4. The van der Waals surface area contributed by atoms with Gasteiger partial charge in [-0.1, -0.05) is 0 Å².